The minimum Gasteiger partial charge on any atom is -0.0619 e. The molecule has 0 saturated carbocycles. The lowest BCUT2D eigenvalue weighted by molar-refractivity contribution is 0.659. The van der Waals surface area contributed by atoms with Crippen molar-refractivity contribution in [3.8, 4) is 44.5 Å². The first kappa shape index (κ1) is 36.0. The average Bonchev–Trinajstić information content (AvgIpc) is 3.98. The van der Waals surface area contributed by atoms with Crippen LogP contribution in [0.25, 0.3) is 87.6 Å². The van der Waals surface area contributed by atoms with E-state index >= 15 is 0 Å². The quantitative estimate of drug-likeness (QED) is 0.123. The summed E-state index contributed by atoms with van der Waals surface area (Å²) in [6.45, 7) is 4.80. The average molecular weight is 813 g/mol. The third-order valence-electron chi connectivity index (χ3n) is 15.4. The van der Waals surface area contributed by atoms with Gasteiger partial charge in [-0.05, 0) is 169 Å². The first-order chi connectivity index (χ1) is 31.5. The monoisotopic (exact) mass is 812 g/mol. The van der Waals surface area contributed by atoms with Crippen LogP contribution in [0.3, 0.4) is 0 Å². The van der Waals surface area contributed by atoms with Gasteiger partial charge in [0.05, 0.1) is 0 Å². The summed E-state index contributed by atoms with van der Waals surface area (Å²) in [5.74, 6) is 0.0182. The summed E-state index contributed by atoms with van der Waals surface area (Å²) in [4.78, 5) is 0. The second-order valence-corrected chi connectivity index (χ2v) is 19.1. The molecule has 0 nitrogen and oxygen atoms in total. The van der Waals surface area contributed by atoms with Crippen LogP contribution in [0.1, 0.15) is 69.8 Å². The van der Waals surface area contributed by atoms with Gasteiger partial charge in [-0.3, -0.25) is 0 Å². The molecule has 0 radical (unpaired) electrons. The van der Waals surface area contributed by atoms with Crippen molar-refractivity contribution in [3.63, 3.8) is 0 Å². The van der Waals surface area contributed by atoms with Crippen LogP contribution in [0, 0.1) is 0 Å². The summed E-state index contributed by atoms with van der Waals surface area (Å²) >= 11 is 0. The Kier molecular flexibility index (Phi) is 7.45. The van der Waals surface area contributed by atoms with Gasteiger partial charge in [0.2, 0.25) is 0 Å². The number of benzene rings is 11. The second kappa shape index (κ2) is 13.2. The van der Waals surface area contributed by atoms with Gasteiger partial charge in [-0.1, -0.05) is 196 Å². The van der Waals surface area contributed by atoms with Gasteiger partial charge in [0, 0.05) is 11.3 Å². The Morgan fingerprint density at radius 1 is 0.328 bits per heavy atom. The largest absolute Gasteiger partial charge is 0.0619 e. The zero-order valence-corrected chi connectivity index (χ0v) is 36.0. The summed E-state index contributed by atoms with van der Waals surface area (Å²) in [5.41, 5.74) is 23.4. The SMILES string of the molecule is CC1(C)c2ccccc2-c2ccc(C(c3ccc4c(c3)-c3cc5ccccc5c(-c5cccc6c5Cc5ccccc5-6)c3C4)c3ccc4c5ccccc5c5ccccc5c4c3)cc21. The molecule has 0 heteroatoms. The molecule has 0 amide bonds. The molecule has 11 aromatic rings. The van der Waals surface area contributed by atoms with Gasteiger partial charge in [0.15, 0.2) is 0 Å². The zero-order valence-electron chi connectivity index (χ0n) is 36.0. The lowest BCUT2D eigenvalue weighted by atomic mass is 9.78. The molecule has 0 saturated heterocycles. The van der Waals surface area contributed by atoms with Crippen molar-refractivity contribution in [2.24, 2.45) is 0 Å². The predicted octanol–water partition coefficient (Wildman–Crippen LogP) is 16.6. The van der Waals surface area contributed by atoms with Crippen LogP contribution in [-0.4, -0.2) is 0 Å². The number of fused-ring (bicyclic) bond motifs is 16. The number of hydrogen-bond acceptors (Lipinski definition) is 0. The molecule has 3 aliphatic carbocycles. The Morgan fingerprint density at radius 2 is 0.875 bits per heavy atom. The van der Waals surface area contributed by atoms with Gasteiger partial charge in [-0.25, -0.2) is 0 Å². The first-order valence-electron chi connectivity index (χ1n) is 23.0. The third kappa shape index (κ3) is 5.00. The fourth-order valence-corrected chi connectivity index (χ4v) is 12.5. The van der Waals surface area contributed by atoms with E-state index in [0.29, 0.717) is 0 Å². The Hall–Kier alpha value is -7.54. The second-order valence-electron chi connectivity index (χ2n) is 19.1. The van der Waals surface area contributed by atoms with Gasteiger partial charge in [0.25, 0.3) is 0 Å². The standard InChI is InChI=1S/C64H44/c1-64(2)60-25-12-11-22-52(60)53-31-29-43(37-61(53)64)62(42-28-30-51-49-20-8-7-18-47(49)48-19-9-10-21-50(48)56(51)36-42)41-27-26-40-34-59-58(55(40)35-41)33-39-15-4-6-17-45(39)63(59)54-24-13-23-46-44-16-5-3-14-38(44)32-57(46)54/h3-31,33,35-37,62H,32,34H2,1-2H3. The lowest BCUT2D eigenvalue weighted by Crippen LogP contribution is -2.15. The molecule has 0 aromatic heterocycles. The lowest BCUT2D eigenvalue weighted by Gasteiger charge is -2.25. The summed E-state index contributed by atoms with van der Waals surface area (Å²) in [6, 6.07) is 76.6. The van der Waals surface area contributed by atoms with Crippen molar-refractivity contribution in [2.45, 2.75) is 38.0 Å². The fraction of sp³-hybridized carbons (Fsp3) is 0.0938. The molecule has 0 heterocycles. The molecule has 0 aliphatic heterocycles. The van der Waals surface area contributed by atoms with Crippen LogP contribution in [0.4, 0.5) is 0 Å². The fourth-order valence-electron chi connectivity index (χ4n) is 12.5. The molecule has 14 rings (SSSR count). The van der Waals surface area contributed by atoms with Crippen LogP contribution in [0.2, 0.25) is 0 Å². The van der Waals surface area contributed by atoms with Gasteiger partial charge in [0.1, 0.15) is 0 Å². The highest BCUT2D eigenvalue weighted by Crippen LogP contribution is 2.53. The molecule has 0 spiro atoms. The van der Waals surface area contributed by atoms with Crippen molar-refractivity contribution in [2.75, 3.05) is 0 Å². The van der Waals surface area contributed by atoms with Crippen molar-refractivity contribution >= 4 is 43.1 Å². The molecule has 1 atom stereocenters. The Morgan fingerprint density at radius 3 is 1.69 bits per heavy atom. The Balaban J connectivity index is 0.992. The van der Waals surface area contributed by atoms with Crippen molar-refractivity contribution < 1.29 is 0 Å². The summed E-state index contributed by atoms with van der Waals surface area (Å²) in [5, 5.41) is 10.5. The molecular formula is C64H44. The van der Waals surface area contributed by atoms with E-state index in [9.17, 15) is 0 Å². The molecule has 0 fully saturated rings. The van der Waals surface area contributed by atoms with Crippen LogP contribution in [-0.2, 0) is 18.3 Å². The predicted molar refractivity (Wildman–Crippen MR) is 270 cm³/mol. The van der Waals surface area contributed by atoms with Crippen molar-refractivity contribution in [1.82, 2.24) is 0 Å². The van der Waals surface area contributed by atoms with E-state index in [1.807, 2.05) is 0 Å². The molecule has 1 unspecified atom stereocenters. The highest BCUT2D eigenvalue weighted by atomic mass is 14.4. The molecule has 11 aromatic carbocycles. The molecule has 300 valence electrons. The normalized spacial score (nSPS) is 14.3. The minimum absolute atomic E-state index is 0.0182. The van der Waals surface area contributed by atoms with E-state index in [-0.39, 0.29) is 11.3 Å². The van der Waals surface area contributed by atoms with E-state index in [1.165, 1.54) is 138 Å². The zero-order chi connectivity index (χ0) is 42.3. The highest BCUT2D eigenvalue weighted by Gasteiger charge is 2.36. The summed E-state index contributed by atoms with van der Waals surface area (Å²) < 4.78 is 0. The summed E-state index contributed by atoms with van der Waals surface area (Å²) in [7, 11) is 0. The van der Waals surface area contributed by atoms with Gasteiger partial charge < -0.3 is 0 Å². The van der Waals surface area contributed by atoms with Crippen molar-refractivity contribution in [3.05, 3.63) is 250 Å². The number of hydrogen-bond donors (Lipinski definition) is 0. The van der Waals surface area contributed by atoms with E-state index in [0.717, 1.165) is 12.8 Å². The topological polar surface area (TPSA) is 0 Å². The minimum atomic E-state index is -0.0989. The van der Waals surface area contributed by atoms with Crippen LogP contribution in [0.5, 0.6) is 0 Å². The van der Waals surface area contributed by atoms with Crippen molar-refractivity contribution in [1.29, 1.82) is 0 Å². The Labute approximate surface area is 374 Å². The molecule has 0 bridgehead atoms. The van der Waals surface area contributed by atoms with Crippen LogP contribution in [0.15, 0.2) is 200 Å². The van der Waals surface area contributed by atoms with E-state index in [2.05, 4.69) is 214 Å². The maximum Gasteiger partial charge on any atom is 0.0340 e. The molecule has 64 heavy (non-hydrogen) atoms. The maximum absolute atomic E-state index is 2.56. The molecule has 3 aliphatic rings. The maximum atomic E-state index is 2.56. The van der Waals surface area contributed by atoms with Gasteiger partial charge in [-0.15, -0.1) is 0 Å². The van der Waals surface area contributed by atoms with E-state index < -0.39 is 0 Å². The molecular weight excluding hydrogens is 769 g/mol. The van der Waals surface area contributed by atoms with Crippen LogP contribution >= 0.6 is 0 Å². The first-order valence-corrected chi connectivity index (χ1v) is 23.0. The molecule has 0 N–H and O–H groups in total. The van der Waals surface area contributed by atoms with Gasteiger partial charge >= 0.3 is 0 Å². The van der Waals surface area contributed by atoms with E-state index in [4.69, 9.17) is 0 Å². The highest BCUT2D eigenvalue weighted by molar-refractivity contribution is 6.25. The third-order valence-corrected chi connectivity index (χ3v) is 15.4. The Bertz CT molecular complexity index is 3780. The number of rotatable bonds is 4. The summed E-state index contributed by atoms with van der Waals surface area (Å²) in [6.07, 6.45) is 1.89. The van der Waals surface area contributed by atoms with Gasteiger partial charge in [-0.2, -0.15) is 0 Å². The van der Waals surface area contributed by atoms with E-state index in [1.54, 1.807) is 0 Å². The van der Waals surface area contributed by atoms with Crippen LogP contribution < -0.4 is 0 Å². The smallest absolute Gasteiger partial charge is 0.0340 e.